The molecule has 2 aliphatic rings. The van der Waals surface area contributed by atoms with Gasteiger partial charge in [-0.25, -0.2) is 0 Å². The van der Waals surface area contributed by atoms with Gasteiger partial charge in [-0.1, -0.05) is 0 Å². The van der Waals surface area contributed by atoms with E-state index in [-0.39, 0.29) is 18.0 Å². The number of hydrogen-bond acceptors (Lipinski definition) is 4. The maximum Gasteiger partial charge on any atom is 0.312 e. The standard InChI is InChI=1S/C13H23NO3/c1-13(2,3)17-12(15)9-6-7-14-10-5-4-8-16-11(9)10/h9-11,14H,4-8H2,1-3H3. The van der Waals surface area contributed by atoms with Crippen LogP contribution in [0.4, 0.5) is 0 Å². The summed E-state index contributed by atoms with van der Waals surface area (Å²) in [5.74, 6) is -0.198. The molecule has 17 heavy (non-hydrogen) atoms. The van der Waals surface area contributed by atoms with Crippen LogP contribution in [0.25, 0.3) is 0 Å². The van der Waals surface area contributed by atoms with E-state index in [1.807, 2.05) is 20.8 Å². The molecule has 0 saturated carbocycles. The Morgan fingerprint density at radius 3 is 2.82 bits per heavy atom. The van der Waals surface area contributed by atoms with E-state index in [9.17, 15) is 4.79 Å². The molecule has 0 aromatic rings. The second-order valence-electron chi connectivity index (χ2n) is 5.97. The Bertz CT molecular complexity index is 283. The van der Waals surface area contributed by atoms with E-state index >= 15 is 0 Å². The summed E-state index contributed by atoms with van der Waals surface area (Å²) >= 11 is 0. The number of hydrogen-bond donors (Lipinski definition) is 1. The number of esters is 1. The summed E-state index contributed by atoms with van der Waals surface area (Å²) in [6, 6.07) is 0.329. The zero-order valence-electron chi connectivity index (χ0n) is 11.0. The summed E-state index contributed by atoms with van der Waals surface area (Å²) in [4.78, 5) is 12.1. The molecule has 2 saturated heterocycles. The average molecular weight is 241 g/mol. The largest absolute Gasteiger partial charge is 0.460 e. The third-order valence-corrected chi connectivity index (χ3v) is 3.33. The topological polar surface area (TPSA) is 47.6 Å². The van der Waals surface area contributed by atoms with Gasteiger partial charge in [-0.15, -0.1) is 0 Å². The summed E-state index contributed by atoms with van der Waals surface area (Å²) in [7, 11) is 0. The smallest absolute Gasteiger partial charge is 0.312 e. The van der Waals surface area contributed by atoms with E-state index in [4.69, 9.17) is 9.47 Å². The second kappa shape index (κ2) is 4.94. The first-order chi connectivity index (χ1) is 7.97. The molecule has 2 heterocycles. The normalized spacial score (nSPS) is 33.9. The maximum atomic E-state index is 12.1. The summed E-state index contributed by atoms with van der Waals surface area (Å²) < 4.78 is 11.2. The highest BCUT2D eigenvalue weighted by molar-refractivity contribution is 5.74. The minimum Gasteiger partial charge on any atom is -0.460 e. The number of rotatable bonds is 1. The molecular weight excluding hydrogens is 218 g/mol. The molecule has 2 aliphatic heterocycles. The maximum absolute atomic E-state index is 12.1. The van der Waals surface area contributed by atoms with Crippen molar-refractivity contribution in [3.63, 3.8) is 0 Å². The van der Waals surface area contributed by atoms with Crippen LogP contribution in [0.1, 0.15) is 40.0 Å². The van der Waals surface area contributed by atoms with E-state index in [0.717, 1.165) is 32.4 Å². The predicted molar refractivity (Wildman–Crippen MR) is 64.7 cm³/mol. The monoisotopic (exact) mass is 241 g/mol. The van der Waals surface area contributed by atoms with Crippen molar-refractivity contribution in [2.24, 2.45) is 5.92 Å². The lowest BCUT2D eigenvalue weighted by molar-refractivity contribution is -0.171. The van der Waals surface area contributed by atoms with Gasteiger partial charge in [-0.2, -0.15) is 0 Å². The van der Waals surface area contributed by atoms with Gasteiger partial charge in [0.25, 0.3) is 0 Å². The fourth-order valence-corrected chi connectivity index (χ4v) is 2.64. The molecule has 2 fully saturated rings. The van der Waals surface area contributed by atoms with Crippen LogP contribution < -0.4 is 5.32 Å². The van der Waals surface area contributed by atoms with Gasteiger partial charge >= 0.3 is 5.97 Å². The molecule has 0 spiro atoms. The zero-order valence-corrected chi connectivity index (χ0v) is 11.0. The molecule has 4 heteroatoms. The molecule has 0 aliphatic carbocycles. The number of nitrogens with one attached hydrogen (secondary N) is 1. The zero-order chi connectivity index (χ0) is 12.5. The molecule has 3 unspecified atom stereocenters. The van der Waals surface area contributed by atoms with E-state index in [1.165, 1.54) is 0 Å². The Morgan fingerprint density at radius 1 is 1.35 bits per heavy atom. The highest BCUT2D eigenvalue weighted by Crippen LogP contribution is 2.28. The lowest BCUT2D eigenvalue weighted by Crippen LogP contribution is -2.55. The average Bonchev–Trinajstić information content (AvgIpc) is 2.26. The number of carbonyl (C=O) groups is 1. The van der Waals surface area contributed by atoms with E-state index < -0.39 is 5.60 Å². The lowest BCUT2D eigenvalue weighted by atomic mass is 9.85. The molecule has 0 amide bonds. The third-order valence-electron chi connectivity index (χ3n) is 3.33. The second-order valence-corrected chi connectivity index (χ2v) is 5.97. The minimum absolute atomic E-state index is 0.00681. The van der Waals surface area contributed by atoms with Gasteiger partial charge in [0.05, 0.1) is 12.0 Å². The highest BCUT2D eigenvalue weighted by Gasteiger charge is 2.41. The Labute approximate surface area is 103 Å². The number of piperidine rings is 1. The van der Waals surface area contributed by atoms with Crippen molar-refractivity contribution >= 4 is 5.97 Å². The van der Waals surface area contributed by atoms with Crippen molar-refractivity contribution in [1.29, 1.82) is 0 Å². The van der Waals surface area contributed by atoms with Crippen LogP contribution in [0.2, 0.25) is 0 Å². The molecule has 1 N–H and O–H groups in total. The van der Waals surface area contributed by atoms with Gasteiger partial charge < -0.3 is 14.8 Å². The van der Waals surface area contributed by atoms with Crippen molar-refractivity contribution in [3.8, 4) is 0 Å². The fourth-order valence-electron chi connectivity index (χ4n) is 2.64. The summed E-state index contributed by atoms with van der Waals surface area (Å²) in [6.45, 7) is 7.37. The van der Waals surface area contributed by atoms with Gasteiger partial charge in [0.1, 0.15) is 5.60 Å². The van der Waals surface area contributed by atoms with Gasteiger partial charge in [-0.3, -0.25) is 4.79 Å². The highest BCUT2D eigenvalue weighted by atomic mass is 16.6. The van der Waals surface area contributed by atoms with E-state index in [2.05, 4.69) is 5.32 Å². The number of ether oxygens (including phenoxy) is 2. The van der Waals surface area contributed by atoms with Crippen molar-refractivity contribution in [2.75, 3.05) is 13.2 Å². The Kier molecular flexibility index (Phi) is 3.73. The van der Waals surface area contributed by atoms with Crippen molar-refractivity contribution in [3.05, 3.63) is 0 Å². The quantitative estimate of drug-likeness (QED) is 0.707. The molecule has 0 aromatic heterocycles. The van der Waals surface area contributed by atoms with Crippen LogP contribution in [0.5, 0.6) is 0 Å². The molecule has 0 radical (unpaired) electrons. The van der Waals surface area contributed by atoms with Crippen LogP contribution in [0.15, 0.2) is 0 Å². The molecule has 3 atom stereocenters. The predicted octanol–water partition coefficient (Wildman–Crippen LogP) is 1.49. The van der Waals surface area contributed by atoms with Crippen LogP contribution in [-0.2, 0) is 14.3 Å². The Morgan fingerprint density at radius 2 is 2.12 bits per heavy atom. The SMILES string of the molecule is CC(C)(C)OC(=O)C1CCNC2CCCOC21. The summed E-state index contributed by atoms with van der Waals surface area (Å²) in [6.07, 6.45) is 3.00. The van der Waals surface area contributed by atoms with Crippen LogP contribution >= 0.6 is 0 Å². The first kappa shape index (κ1) is 12.8. The molecular formula is C13H23NO3. The summed E-state index contributed by atoms with van der Waals surface area (Å²) in [5, 5.41) is 3.44. The van der Waals surface area contributed by atoms with Crippen LogP contribution in [-0.4, -0.2) is 36.9 Å². The molecule has 0 aromatic carbocycles. The van der Waals surface area contributed by atoms with Crippen LogP contribution in [0.3, 0.4) is 0 Å². The molecule has 4 nitrogen and oxygen atoms in total. The number of carbonyl (C=O) groups excluding carboxylic acids is 1. The molecule has 2 rings (SSSR count). The third kappa shape index (κ3) is 3.19. The van der Waals surface area contributed by atoms with Gasteiger partial charge in [0.2, 0.25) is 0 Å². The van der Waals surface area contributed by atoms with E-state index in [1.54, 1.807) is 0 Å². The Balaban J connectivity index is 2.01. The number of fused-ring (bicyclic) bond motifs is 1. The van der Waals surface area contributed by atoms with Crippen molar-refractivity contribution in [1.82, 2.24) is 5.32 Å². The summed E-state index contributed by atoms with van der Waals surface area (Å²) in [5.41, 5.74) is -0.411. The van der Waals surface area contributed by atoms with Gasteiger partial charge in [0.15, 0.2) is 0 Å². The molecule has 98 valence electrons. The Hall–Kier alpha value is -0.610. The first-order valence-corrected chi connectivity index (χ1v) is 6.55. The first-order valence-electron chi connectivity index (χ1n) is 6.55. The van der Waals surface area contributed by atoms with E-state index in [0.29, 0.717) is 6.04 Å². The van der Waals surface area contributed by atoms with Crippen LogP contribution in [0, 0.1) is 5.92 Å². The van der Waals surface area contributed by atoms with Crippen molar-refractivity contribution < 1.29 is 14.3 Å². The van der Waals surface area contributed by atoms with Crippen molar-refractivity contribution in [2.45, 2.75) is 57.8 Å². The van der Waals surface area contributed by atoms with Gasteiger partial charge in [-0.05, 0) is 46.6 Å². The minimum atomic E-state index is -0.411. The molecule has 0 bridgehead atoms. The lowest BCUT2D eigenvalue weighted by Gasteiger charge is -2.41. The fraction of sp³-hybridized carbons (Fsp3) is 0.923. The van der Waals surface area contributed by atoms with Gasteiger partial charge in [0, 0.05) is 12.6 Å².